The van der Waals surface area contributed by atoms with E-state index >= 15 is 0 Å². The van der Waals surface area contributed by atoms with E-state index in [4.69, 9.17) is 16.3 Å². The fourth-order valence-corrected chi connectivity index (χ4v) is 3.11. The number of nitrogens with zero attached hydrogens (tertiary/aromatic N) is 5. The number of non-ortho nitro benzene ring substituents is 1. The van der Waals surface area contributed by atoms with Crippen molar-refractivity contribution in [3.05, 3.63) is 86.8 Å². The van der Waals surface area contributed by atoms with Gasteiger partial charge in [0.15, 0.2) is 0 Å². The molecular formula is C20H16ClN5O3. The van der Waals surface area contributed by atoms with E-state index in [1.807, 2.05) is 25.1 Å². The molecule has 0 aliphatic carbocycles. The molecule has 0 radical (unpaired) electrons. The van der Waals surface area contributed by atoms with Crippen molar-refractivity contribution in [2.45, 2.75) is 20.1 Å². The molecule has 0 spiro atoms. The highest BCUT2D eigenvalue weighted by atomic mass is 35.5. The predicted molar refractivity (Wildman–Crippen MR) is 108 cm³/mol. The summed E-state index contributed by atoms with van der Waals surface area (Å²) in [5.74, 6) is 0.516. The zero-order valence-corrected chi connectivity index (χ0v) is 16.2. The summed E-state index contributed by atoms with van der Waals surface area (Å²) in [7, 11) is 0. The fourth-order valence-electron chi connectivity index (χ4n) is 2.90. The number of rotatable bonds is 6. The molecule has 0 saturated heterocycles. The van der Waals surface area contributed by atoms with Crippen LogP contribution in [0.25, 0.3) is 10.9 Å². The predicted octanol–water partition coefficient (Wildman–Crippen LogP) is 4.32. The lowest BCUT2D eigenvalue weighted by molar-refractivity contribution is -0.384. The third-order valence-corrected chi connectivity index (χ3v) is 4.68. The molecule has 0 N–H and O–H groups in total. The fraction of sp³-hybridized carbons (Fsp3) is 0.150. The van der Waals surface area contributed by atoms with E-state index in [2.05, 4.69) is 21.4 Å². The lowest BCUT2D eigenvalue weighted by Crippen LogP contribution is -2.02. The largest absolute Gasteiger partial charge is 0.487 e. The van der Waals surface area contributed by atoms with Crippen LogP contribution in [-0.4, -0.2) is 24.9 Å². The summed E-state index contributed by atoms with van der Waals surface area (Å²) in [6.45, 7) is 2.66. The number of ether oxygens (including phenoxy) is 1. The van der Waals surface area contributed by atoms with Gasteiger partial charge < -0.3 is 4.74 Å². The monoisotopic (exact) mass is 409 g/mol. The van der Waals surface area contributed by atoms with Crippen LogP contribution in [0.3, 0.4) is 0 Å². The lowest BCUT2D eigenvalue weighted by atomic mass is 10.1. The van der Waals surface area contributed by atoms with Gasteiger partial charge in [0.2, 0.25) is 0 Å². The number of fused-ring (bicyclic) bond motifs is 1. The first-order chi connectivity index (χ1) is 14.0. The Balaban J connectivity index is 1.44. The summed E-state index contributed by atoms with van der Waals surface area (Å²) >= 11 is 6.33. The van der Waals surface area contributed by atoms with Crippen molar-refractivity contribution in [2.24, 2.45) is 0 Å². The molecule has 4 rings (SSSR count). The van der Waals surface area contributed by atoms with E-state index in [-0.39, 0.29) is 12.3 Å². The number of aryl methyl sites for hydroxylation is 1. The molecular weight excluding hydrogens is 394 g/mol. The number of pyridine rings is 1. The first-order valence-corrected chi connectivity index (χ1v) is 9.18. The number of nitro benzene ring substituents is 1. The lowest BCUT2D eigenvalue weighted by Gasteiger charge is -2.06. The standard InChI is InChI=1S/C20H16ClN5O3/c1-13-2-7-19-14(8-13)9-15(20(21)22-19)10-25-11-16(23-24-25)12-29-18-5-3-17(4-6-18)26(27)28/h2-9,11H,10,12H2,1H3. The van der Waals surface area contributed by atoms with Crippen LogP contribution < -0.4 is 4.74 Å². The van der Waals surface area contributed by atoms with Crippen molar-refractivity contribution in [2.75, 3.05) is 0 Å². The summed E-state index contributed by atoms with van der Waals surface area (Å²) in [6, 6.07) is 13.9. The van der Waals surface area contributed by atoms with Crippen LogP contribution >= 0.6 is 11.6 Å². The molecule has 0 saturated carbocycles. The molecule has 29 heavy (non-hydrogen) atoms. The van der Waals surface area contributed by atoms with Gasteiger partial charge in [-0.05, 0) is 37.3 Å². The molecule has 4 aromatic rings. The van der Waals surface area contributed by atoms with Crippen LogP contribution in [0.1, 0.15) is 16.8 Å². The van der Waals surface area contributed by atoms with Gasteiger partial charge in [0, 0.05) is 23.1 Å². The number of benzene rings is 2. The number of hydrogen-bond donors (Lipinski definition) is 0. The Labute approximate surface area is 170 Å². The Morgan fingerprint density at radius 3 is 2.72 bits per heavy atom. The molecule has 8 nitrogen and oxygen atoms in total. The molecule has 0 unspecified atom stereocenters. The van der Waals surface area contributed by atoms with Gasteiger partial charge in [-0.25, -0.2) is 9.67 Å². The molecule has 0 bridgehead atoms. The topological polar surface area (TPSA) is 96.0 Å². The Kier molecular flexibility index (Phi) is 5.09. The molecule has 0 amide bonds. The van der Waals surface area contributed by atoms with Crippen LogP contribution in [0.4, 0.5) is 5.69 Å². The second-order valence-electron chi connectivity index (χ2n) is 6.58. The van der Waals surface area contributed by atoms with Crippen molar-refractivity contribution < 1.29 is 9.66 Å². The quantitative estimate of drug-likeness (QED) is 0.267. The molecule has 146 valence electrons. The van der Waals surface area contributed by atoms with Crippen LogP contribution in [0, 0.1) is 17.0 Å². The minimum absolute atomic E-state index is 0.0133. The van der Waals surface area contributed by atoms with Crippen LogP contribution in [0.2, 0.25) is 5.15 Å². The van der Waals surface area contributed by atoms with Crippen molar-refractivity contribution >= 4 is 28.2 Å². The first-order valence-electron chi connectivity index (χ1n) is 8.80. The maximum absolute atomic E-state index is 10.7. The molecule has 0 atom stereocenters. The highest BCUT2D eigenvalue weighted by Gasteiger charge is 2.09. The first kappa shape index (κ1) is 18.8. The van der Waals surface area contributed by atoms with Crippen LogP contribution in [0.15, 0.2) is 54.7 Å². The Hall–Kier alpha value is -3.52. The number of aromatic nitrogens is 4. The van der Waals surface area contributed by atoms with Gasteiger partial charge in [0.1, 0.15) is 23.2 Å². The van der Waals surface area contributed by atoms with E-state index in [1.165, 1.54) is 12.1 Å². The number of halogens is 1. The van der Waals surface area contributed by atoms with Crippen molar-refractivity contribution in [3.8, 4) is 5.75 Å². The number of nitro groups is 1. The minimum Gasteiger partial charge on any atom is -0.487 e. The molecule has 9 heteroatoms. The van der Waals surface area contributed by atoms with Gasteiger partial charge in [-0.3, -0.25) is 10.1 Å². The van der Waals surface area contributed by atoms with E-state index < -0.39 is 4.92 Å². The van der Waals surface area contributed by atoms with Gasteiger partial charge >= 0.3 is 0 Å². The Morgan fingerprint density at radius 2 is 1.97 bits per heavy atom. The minimum atomic E-state index is -0.455. The average Bonchev–Trinajstić information content (AvgIpc) is 3.15. The molecule has 2 aromatic carbocycles. The van der Waals surface area contributed by atoms with Crippen molar-refractivity contribution in [3.63, 3.8) is 0 Å². The molecule has 0 aliphatic rings. The Bertz CT molecular complexity index is 1190. The molecule has 2 aromatic heterocycles. The molecule has 0 aliphatic heterocycles. The normalized spacial score (nSPS) is 11.0. The Morgan fingerprint density at radius 1 is 1.17 bits per heavy atom. The number of hydrogen-bond acceptors (Lipinski definition) is 6. The van der Waals surface area contributed by atoms with Gasteiger partial charge in [0.25, 0.3) is 5.69 Å². The summed E-state index contributed by atoms with van der Waals surface area (Å²) in [4.78, 5) is 14.7. The van der Waals surface area contributed by atoms with Crippen molar-refractivity contribution in [1.29, 1.82) is 0 Å². The van der Waals surface area contributed by atoms with Gasteiger partial charge in [0.05, 0.1) is 23.2 Å². The summed E-state index contributed by atoms with van der Waals surface area (Å²) in [6.07, 6.45) is 1.77. The van der Waals surface area contributed by atoms with Crippen molar-refractivity contribution in [1.82, 2.24) is 20.0 Å². The smallest absolute Gasteiger partial charge is 0.269 e. The maximum atomic E-state index is 10.7. The van der Waals surface area contributed by atoms with E-state index in [0.717, 1.165) is 22.0 Å². The molecule has 0 fully saturated rings. The molecule has 2 heterocycles. The maximum Gasteiger partial charge on any atom is 0.269 e. The summed E-state index contributed by atoms with van der Waals surface area (Å²) in [5, 5.41) is 20.3. The summed E-state index contributed by atoms with van der Waals surface area (Å²) in [5.41, 5.74) is 3.49. The van der Waals surface area contributed by atoms with Gasteiger partial charge in [-0.2, -0.15) is 0 Å². The second-order valence-corrected chi connectivity index (χ2v) is 6.94. The highest BCUT2D eigenvalue weighted by Crippen LogP contribution is 2.22. The van der Waals surface area contributed by atoms with Crippen LogP contribution in [-0.2, 0) is 13.2 Å². The zero-order valence-electron chi connectivity index (χ0n) is 15.4. The van der Waals surface area contributed by atoms with E-state index in [9.17, 15) is 10.1 Å². The van der Waals surface area contributed by atoms with E-state index in [0.29, 0.717) is 23.1 Å². The third kappa shape index (κ3) is 4.33. The second kappa shape index (κ2) is 7.84. The van der Waals surface area contributed by atoms with Gasteiger partial charge in [-0.15, -0.1) is 5.10 Å². The third-order valence-electron chi connectivity index (χ3n) is 4.35. The van der Waals surface area contributed by atoms with E-state index in [1.54, 1.807) is 23.0 Å². The zero-order chi connectivity index (χ0) is 20.4. The van der Waals surface area contributed by atoms with Crippen LogP contribution in [0.5, 0.6) is 5.75 Å². The SMILES string of the molecule is Cc1ccc2nc(Cl)c(Cn3cc(COc4ccc([N+](=O)[O-])cc4)nn3)cc2c1. The average molecular weight is 410 g/mol. The van der Waals surface area contributed by atoms with Gasteiger partial charge in [-0.1, -0.05) is 28.4 Å². The summed E-state index contributed by atoms with van der Waals surface area (Å²) < 4.78 is 7.27. The highest BCUT2D eigenvalue weighted by molar-refractivity contribution is 6.30.